The highest BCUT2D eigenvalue weighted by Gasteiger charge is 2.18. The molecule has 0 spiro atoms. The van der Waals surface area contributed by atoms with Gasteiger partial charge in [0.2, 0.25) is 0 Å². The number of rotatable bonds is 5. The number of hydrogen-bond donors (Lipinski definition) is 2. The first-order chi connectivity index (χ1) is 16.8. The highest BCUT2D eigenvalue weighted by Crippen LogP contribution is 2.36. The molecule has 0 unspecified atom stereocenters. The van der Waals surface area contributed by atoms with E-state index in [1.165, 1.54) is 10.9 Å². The lowest BCUT2D eigenvalue weighted by Gasteiger charge is -2.03. The molecule has 0 saturated heterocycles. The van der Waals surface area contributed by atoms with Crippen LogP contribution in [0.15, 0.2) is 115 Å². The second-order valence-corrected chi connectivity index (χ2v) is 8.29. The van der Waals surface area contributed by atoms with Crippen molar-refractivity contribution in [3.05, 3.63) is 127 Å². The van der Waals surface area contributed by atoms with Crippen LogP contribution in [0.5, 0.6) is 0 Å². The Morgan fingerprint density at radius 3 is 2.00 bits per heavy atom. The summed E-state index contributed by atoms with van der Waals surface area (Å²) in [6, 6.07) is 37.6. The number of fused-ring (bicyclic) bond motifs is 1. The second-order valence-electron chi connectivity index (χ2n) is 8.29. The summed E-state index contributed by atoms with van der Waals surface area (Å²) in [4.78, 5) is 12.1. The molecule has 6 rings (SSSR count). The predicted octanol–water partition coefficient (Wildman–Crippen LogP) is 8.06. The minimum atomic E-state index is 0.865. The number of hydrogen-bond acceptors (Lipinski definition) is 1. The monoisotopic (exact) mass is 437 g/mol. The van der Waals surface area contributed by atoms with E-state index in [4.69, 9.17) is 4.98 Å². The third kappa shape index (κ3) is 3.84. The van der Waals surface area contributed by atoms with Crippen molar-refractivity contribution in [2.75, 3.05) is 0 Å². The van der Waals surface area contributed by atoms with E-state index in [0.717, 1.165) is 45.0 Å². The second kappa shape index (κ2) is 8.72. The minimum Gasteiger partial charge on any atom is -0.360 e. The average molecular weight is 438 g/mol. The molecule has 2 heterocycles. The number of H-pyrrole nitrogens is 2. The number of para-hydroxylation sites is 1. The summed E-state index contributed by atoms with van der Waals surface area (Å²) < 4.78 is 0. The van der Waals surface area contributed by atoms with Crippen LogP contribution in [0, 0.1) is 0 Å². The van der Waals surface area contributed by atoms with Gasteiger partial charge in [-0.05, 0) is 17.2 Å². The zero-order valence-corrected chi connectivity index (χ0v) is 18.6. The quantitative estimate of drug-likeness (QED) is 0.263. The first kappa shape index (κ1) is 20.0. The van der Waals surface area contributed by atoms with E-state index in [2.05, 4.69) is 107 Å². The SMILES string of the molecule is C(=C\c1ccc(-c2nc(-c3ccccc3)[nH]c2-c2c[nH]c3ccccc23)cc1)/c1ccccc1. The first-order valence-corrected chi connectivity index (χ1v) is 11.4. The van der Waals surface area contributed by atoms with E-state index in [1.54, 1.807) is 0 Å². The largest absolute Gasteiger partial charge is 0.360 e. The Morgan fingerprint density at radius 1 is 0.588 bits per heavy atom. The summed E-state index contributed by atoms with van der Waals surface area (Å²) in [6.07, 6.45) is 6.33. The van der Waals surface area contributed by atoms with Crippen LogP contribution < -0.4 is 0 Å². The summed E-state index contributed by atoms with van der Waals surface area (Å²) >= 11 is 0. The summed E-state index contributed by atoms with van der Waals surface area (Å²) in [5, 5.41) is 1.18. The zero-order chi connectivity index (χ0) is 22.7. The van der Waals surface area contributed by atoms with Gasteiger partial charge in [0.15, 0.2) is 0 Å². The van der Waals surface area contributed by atoms with Crippen molar-refractivity contribution in [3.63, 3.8) is 0 Å². The van der Waals surface area contributed by atoms with Crippen molar-refractivity contribution in [2.24, 2.45) is 0 Å². The van der Waals surface area contributed by atoms with Crippen molar-refractivity contribution in [1.29, 1.82) is 0 Å². The Bertz CT molecular complexity index is 1570. The van der Waals surface area contributed by atoms with Crippen molar-refractivity contribution < 1.29 is 0 Å². The van der Waals surface area contributed by atoms with E-state index in [9.17, 15) is 0 Å². The van der Waals surface area contributed by atoms with E-state index in [0.29, 0.717) is 0 Å². The van der Waals surface area contributed by atoms with Crippen molar-refractivity contribution in [1.82, 2.24) is 15.0 Å². The fraction of sp³-hybridized carbons (Fsp3) is 0. The van der Waals surface area contributed by atoms with Crippen LogP contribution in [-0.2, 0) is 0 Å². The average Bonchev–Trinajstić information content (AvgIpc) is 3.54. The molecule has 0 atom stereocenters. The fourth-order valence-corrected chi connectivity index (χ4v) is 4.30. The Labute approximate surface area is 198 Å². The maximum absolute atomic E-state index is 5.05. The fourth-order valence-electron chi connectivity index (χ4n) is 4.30. The van der Waals surface area contributed by atoms with Gasteiger partial charge in [-0.1, -0.05) is 115 Å². The Kier molecular flexibility index (Phi) is 5.13. The molecule has 3 nitrogen and oxygen atoms in total. The van der Waals surface area contributed by atoms with Crippen LogP contribution >= 0.6 is 0 Å². The highest BCUT2D eigenvalue weighted by molar-refractivity contribution is 5.98. The Morgan fingerprint density at radius 2 is 1.24 bits per heavy atom. The summed E-state index contributed by atoms with van der Waals surface area (Å²) in [7, 11) is 0. The molecule has 0 saturated carbocycles. The summed E-state index contributed by atoms with van der Waals surface area (Å²) in [5.74, 6) is 0.865. The third-order valence-electron chi connectivity index (χ3n) is 6.06. The number of aromatic amines is 2. The third-order valence-corrected chi connectivity index (χ3v) is 6.06. The normalized spacial score (nSPS) is 11.4. The highest BCUT2D eigenvalue weighted by atomic mass is 14.9. The molecule has 162 valence electrons. The van der Waals surface area contributed by atoms with E-state index in [-0.39, 0.29) is 0 Å². The molecule has 34 heavy (non-hydrogen) atoms. The number of nitrogens with one attached hydrogen (secondary N) is 2. The van der Waals surface area contributed by atoms with Crippen LogP contribution in [0.3, 0.4) is 0 Å². The number of imidazole rings is 1. The molecular weight excluding hydrogens is 414 g/mol. The van der Waals surface area contributed by atoms with E-state index < -0.39 is 0 Å². The van der Waals surface area contributed by atoms with Crippen LogP contribution in [0.2, 0.25) is 0 Å². The molecule has 0 aliphatic heterocycles. The molecule has 2 aromatic heterocycles. The molecule has 0 amide bonds. The summed E-state index contributed by atoms with van der Waals surface area (Å²) in [5.41, 5.74) is 8.68. The molecule has 0 radical (unpaired) electrons. The van der Waals surface area contributed by atoms with Crippen LogP contribution in [-0.4, -0.2) is 15.0 Å². The molecule has 0 bridgehead atoms. The van der Waals surface area contributed by atoms with Gasteiger partial charge < -0.3 is 9.97 Å². The number of nitrogens with zero attached hydrogens (tertiary/aromatic N) is 1. The van der Waals surface area contributed by atoms with Crippen LogP contribution in [0.25, 0.3) is 57.0 Å². The topological polar surface area (TPSA) is 44.5 Å². The van der Waals surface area contributed by atoms with Gasteiger partial charge in [0, 0.05) is 33.8 Å². The van der Waals surface area contributed by atoms with Crippen LogP contribution in [0.4, 0.5) is 0 Å². The molecule has 4 aromatic carbocycles. The minimum absolute atomic E-state index is 0.865. The van der Waals surface area contributed by atoms with Gasteiger partial charge in [0.05, 0.1) is 11.4 Å². The molecule has 0 aliphatic rings. The first-order valence-electron chi connectivity index (χ1n) is 11.4. The molecule has 3 heteroatoms. The number of benzene rings is 4. The smallest absolute Gasteiger partial charge is 0.138 e. The lowest BCUT2D eigenvalue weighted by Crippen LogP contribution is -1.84. The molecule has 2 N–H and O–H groups in total. The molecular formula is C31H23N3. The van der Waals surface area contributed by atoms with Crippen molar-refractivity contribution in [2.45, 2.75) is 0 Å². The van der Waals surface area contributed by atoms with Gasteiger partial charge in [-0.25, -0.2) is 4.98 Å². The maximum Gasteiger partial charge on any atom is 0.138 e. The van der Waals surface area contributed by atoms with E-state index in [1.807, 2.05) is 30.3 Å². The van der Waals surface area contributed by atoms with Gasteiger partial charge >= 0.3 is 0 Å². The van der Waals surface area contributed by atoms with Crippen molar-refractivity contribution >= 4 is 23.1 Å². The Hall–Kier alpha value is -4.63. The lowest BCUT2D eigenvalue weighted by molar-refractivity contribution is 1.31. The van der Waals surface area contributed by atoms with Gasteiger partial charge in [0.1, 0.15) is 5.82 Å². The van der Waals surface area contributed by atoms with Crippen molar-refractivity contribution in [3.8, 4) is 33.9 Å². The summed E-state index contributed by atoms with van der Waals surface area (Å²) in [6.45, 7) is 0. The zero-order valence-electron chi connectivity index (χ0n) is 18.6. The van der Waals surface area contributed by atoms with Crippen LogP contribution in [0.1, 0.15) is 11.1 Å². The molecule has 0 aliphatic carbocycles. The number of aromatic nitrogens is 3. The van der Waals surface area contributed by atoms with E-state index >= 15 is 0 Å². The standard InChI is InChI=1S/C31H23N3/c1-3-9-22(10-4-1)15-16-23-17-19-24(20-18-23)29-30(27-21-32-28-14-8-7-13-26(27)28)34-31(33-29)25-11-5-2-6-12-25/h1-21,32H,(H,33,34)/b16-15+. The van der Waals surface area contributed by atoms with Gasteiger partial charge in [-0.15, -0.1) is 0 Å². The van der Waals surface area contributed by atoms with Gasteiger partial charge in [0.25, 0.3) is 0 Å². The maximum atomic E-state index is 5.05. The lowest BCUT2D eigenvalue weighted by atomic mass is 10.0. The molecule has 6 aromatic rings. The van der Waals surface area contributed by atoms with Gasteiger partial charge in [-0.3, -0.25) is 0 Å². The van der Waals surface area contributed by atoms with Gasteiger partial charge in [-0.2, -0.15) is 0 Å². The Balaban J connectivity index is 1.43. The predicted molar refractivity (Wildman–Crippen MR) is 142 cm³/mol. The molecule has 0 fully saturated rings.